The molecule has 0 bridgehead atoms. The Kier molecular flexibility index (Phi) is 5.09. The van der Waals surface area contributed by atoms with Crippen LogP contribution in [0.5, 0.6) is 5.75 Å². The van der Waals surface area contributed by atoms with E-state index >= 15 is 0 Å². The second-order valence-electron chi connectivity index (χ2n) is 4.17. The molecule has 1 aliphatic heterocycles. The molecule has 1 aliphatic rings. The zero-order valence-corrected chi connectivity index (χ0v) is 14.7. The minimum absolute atomic E-state index is 0.0760. The molecule has 10 heteroatoms. The molecule has 1 N–H and O–H groups in total. The number of hydrogen-bond acceptors (Lipinski definition) is 5. The number of ether oxygens (including phenoxy) is 1. The second-order valence-corrected chi connectivity index (χ2v) is 8.31. The molecule has 0 spiro atoms. The first kappa shape index (κ1) is 16.9. The molecule has 116 valence electrons. The summed E-state index contributed by atoms with van der Waals surface area (Å²) in [5.41, 5.74) is 0. The van der Waals surface area contributed by atoms with Crippen LogP contribution in [0.3, 0.4) is 0 Å². The first-order chi connectivity index (χ1) is 9.78. The molecule has 2 rings (SSSR count). The first-order valence-electron chi connectivity index (χ1n) is 5.64. The van der Waals surface area contributed by atoms with Crippen LogP contribution in [0.4, 0.5) is 0 Å². The third-order valence-corrected chi connectivity index (χ3v) is 6.73. The third-order valence-electron chi connectivity index (χ3n) is 2.89. The van der Waals surface area contributed by atoms with Crippen LogP contribution in [0.25, 0.3) is 0 Å². The van der Waals surface area contributed by atoms with Gasteiger partial charge in [-0.05, 0) is 28.1 Å². The Morgan fingerprint density at radius 3 is 2.81 bits per heavy atom. The van der Waals surface area contributed by atoms with Gasteiger partial charge >= 0.3 is 5.97 Å². The fourth-order valence-corrected chi connectivity index (χ4v) is 6.42. The Morgan fingerprint density at radius 2 is 2.24 bits per heavy atom. The molecule has 0 aliphatic carbocycles. The van der Waals surface area contributed by atoms with Gasteiger partial charge in [0.1, 0.15) is 10.9 Å². The summed E-state index contributed by atoms with van der Waals surface area (Å²) in [5.74, 6) is -0.797. The average Bonchev–Trinajstić information content (AvgIpc) is 2.87. The number of rotatable bonds is 4. The number of thioether (sulfide) groups is 1. The van der Waals surface area contributed by atoms with Gasteiger partial charge in [-0.2, -0.15) is 4.31 Å². The molecular formula is C11H11BrClNO5S2. The van der Waals surface area contributed by atoms with E-state index in [2.05, 4.69) is 15.9 Å². The van der Waals surface area contributed by atoms with Crippen molar-refractivity contribution in [3.63, 3.8) is 0 Å². The normalized spacial score (nSPS) is 19.7. The van der Waals surface area contributed by atoms with Crippen LogP contribution >= 0.6 is 39.3 Å². The van der Waals surface area contributed by atoms with E-state index in [0.29, 0.717) is 4.47 Å². The summed E-state index contributed by atoms with van der Waals surface area (Å²) in [4.78, 5) is 11.0. The maximum Gasteiger partial charge on any atom is 0.322 e. The second kappa shape index (κ2) is 6.33. The lowest BCUT2D eigenvalue weighted by molar-refractivity contribution is -0.140. The van der Waals surface area contributed by atoms with Gasteiger partial charge in [0, 0.05) is 10.8 Å². The number of benzene rings is 1. The van der Waals surface area contributed by atoms with Gasteiger partial charge in [-0.1, -0.05) is 11.6 Å². The molecule has 1 unspecified atom stereocenters. The predicted octanol–water partition coefficient (Wildman–Crippen LogP) is 2.26. The quantitative estimate of drug-likeness (QED) is 0.810. The van der Waals surface area contributed by atoms with Gasteiger partial charge in [-0.15, -0.1) is 11.8 Å². The number of carboxylic acids is 1. The zero-order valence-electron chi connectivity index (χ0n) is 10.7. The average molecular weight is 417 g/mol. The summed E-state index contributed by atoms with van der Waals surface area (Å²) in [7, 11) is -2.69. The van der Waals surface area contributed by atoms with E-state index in [-0.39, 0.29) is 27.3 Å². The van der Waals surface area contributed by atoms with Crippen LogP contribution in [0.1, 0.15) is 0 Å². The van der Waals surface area contributed by atoms with E-state index in [1.807, 2.05) is 0 Å². The third kappa shape index (κ3) is 3.16. The monoisotopic (exact) mass is 415 g/mol. The number of hydrogen-bond donors (Lipinski definition) is 1. The van der Waals surface area contributed by atoms with Gasteiger partial charge in [0.15, 0.2) is 5.75 Å². The molecule has 21 heavy (non-hydrogen) atoms. The molecule has 1 saturated heterocycles. The van der Waals surface area contributed by atoms with Gasteiger partial charge in [0.05, 0.1) is 17.5 Å². The van der Waals surface area contributed by atoms with Crippen molar-refractivity contribution in [1.29, 1.82) is 0 Å². The Balaban J connectivity index is 2.57. The zero-order chi connectivity index (χ0) is 15.8. The number of carboxylic acid groups (broad SMARTS) is 1. The fraction of sp³-hybridized carbons (Fsp3) is 0.364. The van der Waals surface area contributed by atoms with Gasteiger partial charge in [0.25, 0.3) is 0 Å². The van der Waals surface area contributed by atoms with E-state index in [4.69, 9.17) is 21.4 Å². The van der Waals surface area contributed by atoms with Crippen LogP contribution in [-0.4, -0.2) is 48.6 Å². The maximum atomic E-state index is 12.7. The largest absolute Gasteiger partial charge is 0.494 e. The van der Waals surface area contributed by atoms with Crippen molar-refractivity contribution in [3.05, 3.63) is 21.6 Å². The minimum atomic E-state index is -4.03. The topological polar surface area (TPSA) is 83.9 Å². The van der Waals surface area contributed by atoms with E-state index in [0.717, 1.165) is 4.31 Å². The lowest BCUT2D eigenvalue weighted by atomic mass is 10.3. The van der Waals surface area contributed by atoms with Gasteiger partial charge in [0.2, 0.25) is 10.0 Å². The fourth-order valence-electron chi connectivity index (χ4n) is 1.91. The number of sulfonamides is 1. The molecule has 0 radical (unpaired) electrons. The van der Waals surface area contributed by atoms with E-state index in [1.54, 1.807) is 0 Å². The Bertz CT molecular complexity index is 681. The Labute approximate surface area is 139 Å². The Morgan fingerprint density at radius 1 is 1.57 bits per heavy atom. The summed E-state index contributed by atoms with van der Waals surface area (Å²) in [6.07, 6.45) is 0. The molecule has 0 amide bonds. The summed E-state index contributed by atoms with van der Waals surface area (Å²) in [5, 5.41) is 9.35. The van der Waals surface area contributed by atoms with E-state index in [9.17, 15) is 13.2 Å². The molecule has 0 saturated carbocycles. The Hall–Kier alpha value is -0.480. The number of carbonyl (C=O) groups is 1. The lowest BCUT2D eigenvalue weighted by Crippen LogP contribution is -2.41. The number of aliphatic carboxylic acids is 1. The molecule has 1 fully saturated rings. The summed E-state index contributed by atoms with van der Waals surface area (Å²) in [6.45, 7) is 0. The molecule has 1 heterocycles. The molecular weight excluding hydrogens is 406 g/mol. The minimum Gasteiger partial charge on any atom is -0.494 e. The number of methoxy groups -OCH3 is 1. The van der Waals surface area contributed by atoms with Crippen molar-refractivity contribution in [2.45, 2.75) is 10.9 Å². The van der Waals surface area contributed by atoms with Crippen molar-refractivity contribution >= 4 is 55.3 Å². The molecule has 6 nitrogen and oxygen atoms in total. The summed E-state index contributed by atoms with van der Waals surface area (Å²) >= 11 is 10.3. The van der Waals surface area contributed by atoms with Crippen LogP contribution in [0, 0.1) is 0 Å². The van der Waals surface area contributed by atoms with Crippen molar-refractivity contribution < 1.29 is 23.1 Å². The van der Waals surface area contributed by atoms with Crippen LogP contribution in [0.15, 0.2) is 21.5 Å². The summed E-state index contributed by atoms with van der Waals surface area (Å²) in [6, 6.07) is 1.66. The maximum absolute atomic E-state index is 12.7. The van der Waals surface area contributed by atoms with Crippen molar-refractivity contribution in [3.8, 4) is 5.75 Å². The first-order valence-corrected chi connectivity index (χ1v) is 9.41. The highest BCUT2D eigenvalue weighted by Gasteiger charge is 2.41. The molecule has 1 atom stereocenters. The molecule has 1 aromatic rings. The highest BCUT2D eigenvalue weighted by atomic mass is 79.9. The summed E-state index contributed by atoms with van der Waals surface area (Å²) < 4.78 is 31.9. The highest BCUT2D eigenvalue weighted by Crippen LogP contribution is 2.39. The van der Waals surface area contributed by atoms with Gasteiger partial charge < -0.3 is 9.84 Å². The molecule has 0 aromatic heterocycles. The van der Waals surface area contributed by atoms with Gasteiger partial charge in [-0.3, -0.25) is 4.79 Å². The smallest absolute Gasteiger partial charge is 0.322 e. The number of nitrogens with zero attached hydrogens (tertiary/aromatic N) is 1. The highest BCUT2D eigenvalue weighted by molar-refractivity contribution is 9.10. The number of halogens is 2. The molecule has 1 aromatic carbocycles. The standard InChI is InChI=1S/C11H11BrClNO5S2/c1-19-10-7(12)2-6(13)3-9(10)21(17,18)14-5-20-4-8(14)11(15)16/h2-3,8H,4-5H2,1H3,(H,15,16). The van der Waals surface area contributed by atoms with Crippen molar-refractivity contribution in [2.75, 3.05) is 18.7 Å². The van der Waals surface area contributed by atoms with Crippen molar-refractivity contribution in [1.82, 2.24) is 4.31 Å². The van der Waals surface area contributed by atoms with Gasteiger partial charge in [-0.25, -0.2) is 8.42 Å². The predicted molar refractivity (Wildman–Crippen MR) is 83.5 cm³/mol. The van der Waals surface area contributed by atoms with E-state index in [1.165, 1.54) is 31.0 Å². The SMILES string of the molecule is COc1c(Br)cc(Cl)cc1S(=O)(=O)N1CSCC1C(=O)O. The van der Waals surface area contributed by atoms with Crippen LogP contribution < -0.4 is 4.74 Å². The lowest BCUT2D eigenvalue weighted by Gasteiger charge is -2.21. The van der Waals surface area contributed by atoms with Crippen LogP contribution in [-0.2, 0) is 14.8 Å². The van der Waals surface area contributed by atoms with E-state index < -0.39 is 22.0 Å². The van der Waals surface area contributed by atoms with Crippen LogP contribution in [0.2, 0.25) is 5.02 Å². The van der Waals surface area contributed by atoms with Crippen molar-refractivity contribution in [2.24, 2.45) is 0 Å².